The lowest BCUT2D eigenvalue weighted by atomic mass is 9.98. The highest BCUT2D eigenvalue weighted by Gasteiger charge is 2.16. The Balaban J connectivity index is 0.976. The molecule has 58 heavy (non-hydrogen) atoms. The van der Waals surface area contributed by atoms with Gasteiger partial charge >= 0.3 is 0 Å². The van der Waals surface area contributed by atoms with Gasteiger partial charge in [-0.3, -0.25) is 0 Å². The lowest BCUT2D eigenvalue weighted by molar-refractivity contribution is 0.669. The van der Waals surface area contributed by atoms with Crippen molar-refractivity contribution in [1.82, 2.24) is 0 Å². The van der Waals surface area contributed by atoms with E-state index < -0.39 is 0 Å². The molecule has 272 valence electrons. The van der Waals surface area contributed by atoms with Crippen molar-refractivity contribution in [3.63, 3.8) is 0 Å². The molecule has 2 nitrogen and oxygen atoms in total. The van der Waals surface area contributed by atoms with Gasteiger partial charge in [-0.05, 0) is 133 Å². The zero-order chi connectivity index (χ0) is 38.4. The first-order chi connectivity index (χ1) is 28.7. The zero-order valence-electron chi connectivity index (χ0n) is 31.7. The van der Waals surface area contributed by atoms with E-state index in [1.165, 1.54) is 54.9 Å². The van der Waals surface area contributed by atoms with Crippen molar-refractivity contribution in [3.05, 3.63) is 224 Å². The monoisotopic (exact) mass is 739 g/mol. The lowest BCUT2D eigenvalue weighted by Gasteiger charge is -2.27. The maximum Gasteiger partial charge on any atom is 0.135 e. The minimum atomic E-state index is 0.900. The van der Waals surface area contributed by atoms with Gasteiger partial charge in [0.25, 0.3) is 0 Å². The molecule has 0 saturated heterocycles. The van der Waals surface area contributed by atoms with Crippen LogP contribution in [0.2, 0.25) is 0 Å². The molecule has 0 aliphatic carbocycles. The molecule has 11 rings (SSSR count). The molecule has 2 heteroatoms. The number of anilines is 3. The van der Waals surface area contributed by atoms with Crippen molar-refractivity contribution < 1.29 is 4.42 Å². The minimum absolute atomic E-state index is 0.900. The fourth-order valence-corrected chi connectivity index (χ4v) is 8.40. The Morgan fingerprint density at radius 3 is 1.29 bits per heavy atom. The van der Waals surface area contributed by atoms with Crippen LogP contribution in [0.5, 0.6) is 0 Å². The van der Waals surface area contributed by atoms with Crippen molar-refractivity contribution in [3.8, 4) is 44.5 Å². The molecule has 0 N–H and O–H groups in total. The summed E-state index contributed by atoms with van der Waals surface area (Å²) in [5.41, 5.74) is 14.5. The Morgan fingerprint density at radius 1 is 0.241 bits per heavy atom. The number of hydrogen-bond donors (Lipinski definition) is 0. The third kappa shape index (κ3) is 6.18. The van der Waals surface area contributed by atoms with Gasteiger partial charge in [0.2, 0.25) is 0 Å². The molecule has 0 aliphatic heterocycles. The molecule has 0 bridgehead atoms. The number of fused-ring (bicyclic) bond motifs is 5. The summed E-state index contributed by atoms with van der Waals surface area (Å²) >= 11 is 0. The lowest BCUT2D eigenvalue weighted by Crippen LogP contribution is -2.10. The van der Waals surface area contributed by atoms with Crippen LogP contribution in [0, 0.1) is 0 Å². The average Bonchev–Trinajstić information content (AvgIpc) is 3.67. The third-order valence-corrected chi connectivity index (χ3v) is 11.4. The molecule has 0 spiro atoms. The van der Waals surface area contributed by atoms with Crippen LogP contribution in [-0.2, 0) is 0 Å². The molecule has 0 fully saturated rings. The summed E-state index contributed by atoms with van der Waals surface area (Å²) in [6, 6.07) is 80.9. The van der Waals surface area contributed by atoms with Crippen LogP contribution in [0.25, 0.3) is 88.0 Å². The van der Waals surface area contributed by atoms with Crippen molar-refractivity contribution in [2.75, 3.05) is 4.90 Å². The molecule has 1 aromatic heterocycles. The van der Waals surface area contributed by atoms with Crippen molar-refractivity contribution in [2.24, 2.45) is 0 Å². The Bertz CT molecular complexity index is 3280. The van der Waals surface area contributed by atoms with Crippen LogP contribution < -0.4 is 4.90 Å². The Morgan fingerprint density at radius 2 is 0.672 bits per heavy atom. The topological polar surface area (TPSA) is 16.4 Å². The minimum Gasteiger partial charge on any atom is -0.456 e. The summed E-state index contributed by atoms with van der Waals surface area (Å²) < 4.78 is 6.17. The first-order valence-corrected chi connectivity index (χ1v) is 19.8. The van der Waals surface area contributed by atoms with Gasteiger partial charge in [0.15, 0.2) is 0 Å². The second kappa shape index (κ2) is 14.1. The number of para-hydroxylation sites is 1. The van der Waals surface area contributed by atoms with E-state index >= 15 is 0 Å². The molecular weight excluding hydrogens is 703 g/mol. The summed E-state index contributed by atoms with van der Waals surface area (Å²) in [6.07, 6.45) is 0. The van der Waals surface area contributed by atoms with E-state index in [2.05, 4.69) is 217 Å². The Labute approximate surface area is 337 Å². The predicted octanol–water partition coefficient (Wildman–Crippen LogP) is 16.0. The number of nitrogens with zero attached hydrogens (tertiary/aromatic N) is 1. The van der Waals surface area contributed by atoms with Crippen LogP contribution >= 0.6 is 0 Å². The SMILES string of the molecule is c1cc(-c2ccc3ccccc3c2)cc(N(c2ccc(-c3ccc(-c4ccc5ccccc5c4)cc3)cc2)c2cccc(-c3ccc4oc5ccccc5c4c3)c2)c1. The number of rotatable bonds is 7. The second-order valence-electron chi connectivity index (χ2n) is 15.0. The molecule has 0 saturated carbocycles. The van der Waals surface area contributed by atoms with Crippen LogP contribution in [0.3, 0.4) is 0 Å². The average molecular weight is 740 g/mol. The number of hydrogen-bond acceptors (Lipinski definition) is 2. The quantitative estimate of drug-likeness (QED) is 0.162. The Hall–Kier alpha value is -7.68. The highest BCUT2D eigenvalue weighted by atomic mass is 16.3. The normalized spacial score (nSPS) is 11.4. The molecule has 0 amide bonds. The predicted molar refractivity (Wildman–Crippen MR) is 245 cm³/mol. The van der Waals surface area contributed by atoms with Crippen molar-refractivity contribution >= 4 is 60.5 Å². The standard InChI is InChI=1S/C56H37NO/c1-3-11-43-33-47(25-23-38(43)9-1)42-21-19-40(20-22-42)41-27-30-50(31-28-41)57(51-15-7-13-45(35-51)48-26-24-39-10-2-4-12-44(39)34-48)52-16-8-14-46(36-52)49-29-32-56-54(37-49)53-17-5-6-18-55(53)58-56/h1-37H. The van der Waals surface area contributed by atoms with Crippen LogP contribution in [0.1, 0.15) is 0 Å². The molecule has 0 aliphatic rings. The molecule has 0 unspecified atom stereocenters. The van der Waals surface area contributed by atoms with E-state index in [1.807, 2.05) is 12.1 Å². The smallest absolute Gasteiger partial charge is 0.135 e. The van der Waals surface area contributed by atoms with Crippen molar-refractivity contribution in [1.29, 1.82) is 0 Å². The molecule has 0 atom stereocenters. The summed E-state index contributed by atoms with van der Waals surface area (Å²) in [5.74, 6) is 0. The van der Waals surface area contributed by atoms with Crippen LogP contribution in [0.15, 0.2) is 229 Å². The summed E-state index contributed by atoms with van der Waals surface area (Å²) in [5, 5.41) is 7.24. The second-order valence-corrected chi connectivity index (χ2v) is 15.0. The van der Waals surface area contributed by atoms with E-state index in [0.29, 0.717) is 0 Å². The fraction of sp³-hybridized carbons (Fsp3) is 0. The van der Waals surface area contributed by atoms with Gasteiger partial charge in [-0.25, -0.2) is 0 Å². The zero-order valence-corrected chi connectivity index (χ0v) is 31.7. The van der Waals surface area contributed by atoms with E-state index in [0.717, 1.165) is 50.1 Å². The maximum atomic E-state index is 6.17. The molecule has 10 aromatic carbocycles. The van der Waals surface area contributed by atoms with Gasteiger partial charge in [0.1, 0.15) is 11.2 Å². The first-order valence-electron chi connectivity index (χ1n) is 19.8. The maximum absolute atomic E-state index is 6.17. The molecular formula is C56H37NO. The van der Waals surface area contributed by atoms with Gasteiger partial charge in [0, 0.05) is 27.8 Å². The van der Waals surface area contributed by atoms with Gasteiger partial charge < -0.3 is 9.32 Å². The third-order valence-electron chi connectivity index (χ3n) is 11.4. The highest BCUT2D eigenvalue weighted by molar-refractivity contribution is 6.06. The summed E-state index contributed by atoms with van der Waals surface area (Å²) in [6.45, 7) is 0. The summed E-state index contributed by atoms with van der Waals surface area (Å²) in [4.78, 5) is 2.37. The molecule has 0 radical (unpaired) electrons. The Kier molecular flexibility index (Phi) is 8.19. The van der Waals surface area contributed by atoms with Gasteiger partial charge in [-0.2, -0.15) is 0 Å². The molecule has 1 heterocycles. The van der Waals surface area contributed by atoms with Crippen LogP contribution in [-0.4, -0.2) is 0 Å². The van der Waals surface area contributed by atoms with E-state index in [-0.39, 0.29) is 0 Å². The molecule has 11 aromatic rings. The van der Waals surface area contributed by atoms with Gasteiger partial charge in [-0.1, -0.05) is 158 Å². The largest absolute Gasteiger partial charge is 0.456 e. The highest BCUT2D eigenvalue weighted by Crippen LogP contribution is 2.40. The van der Waals surface area contributed by atoms with E-state index in [4.69, 9.17) is 4.42 Å². The number of benzene rings is 10. The first kappa shape index (κ1) is 33.6. The van der Waals surface area contributed by atoms with Crippen molar-refractivity contribution in [2.45, 2.75) is 0 Å². The van der Waals surface area contributed by atoms with Gasteiger partial charge in [-0.15, -0.1) is 0 Å². The van der Waals surface area contributed by atoms with E-state index in [1.54, 1.807) is 0 Å². The van der Waals surface area contributed by atoms with Gasteiger partial charge in [0.05, 0.1) is 0 Å². The van der Waals surface area contributed by atoms with E-state index in [9.17, 15) is 0 Å². The number of furan rings is 1. The van der Waals surface area contributed by atoms with Crippen LogP contribution in [0.4, 0.5) is 17.1 Å². The summed E-state index contributed by atoms with van der Waals surface area (Å²) in [7, 11) is 0. The fourth-order valence-electron chi connectivity index (χ4n) is 8.40.